The van der Waals surface area contributed by atoms with E-state index in [-0.39, 0.29) is 30.6 Å². The van der Waals surface area contributed by atoms with Crippen LogP contribution in [0, 0.1) is 5.82 Å². The number of carbonyl (C=O) groups is 1. The topological polar surface area (TPSA) is 67.2 Å². The Labute approximate surface area is 148 Å². The number of nitrogens with one attached hydrogen (secondary N) is 1. The summed E-state index contributed by atoms with van der Waals surface area (Å²) in [5.74, 6) is -0.352. The Balaban J connectivity index is 2.14. The minimum Gasteiger partial charge on any atom is -0.390 e. The average molecular weight is 370 g/mol. The zero-order valence-electron chi connectivity index (χ0n) is 12.8. The predicted molar refractivity (Wildman–Crippen MR) is 92.3 cm³/mol. The minimum absolute atomic E-state index is 0.0110. The smallest absolute Gasteiger partial charge is 0.240 e. The summed E-state index contributed by atoms with van der Waals surface area (Å²) in [7, 11) is 0. The van der Waals surface area contributed by atoms with Crippen LogP contribution in [0.3, 0.4) is 0 Å². The van der Waals surface area contributed by atoms with Crippen LogP contribution >= 0.6 is 23.4 Å². The Morgan fingerprint density at radius 3 is 3.00 bits per heavy atom. The molecule has 0 fully saturated rings. The van der Waals surface area contributed by atoms with Gasteiger partial charge in [-0.15, -0.1) is 6.58 Å². The second-order valence-corrected chi connectivity index (χ2v) is 6.21. The summed E-state index contributed by atoms with van der Waals surface area (Å²) in [5.41, 5.74) is 0.881. The first-order valence-corrected chi connectivity index (χ1v) is 8.51. The molecule has 0 spiro atoms. The van der Waals surface area contributed by atoms with Gasteiger partial charge in [0.25, 0.3) is 0 Å². The number of thioether (sulfide) groups is 1. The molecule has 0 radical (unpaired) electrons. The maximum Gasteiger partial charge on any atom is 0.240 e. The molecule has 24 heavy (non-hydrogen) atoms. The number of benzene rings is 1. The molecule has 1 heterocycles. The Hall–Kier alpha value is -1.83. The molecule has 0 saturated heterocycles. The summed E-state index contributed by atoms with van der Waals surface area (Å²) in [6.07, 6.45) is 3.07. The fourth-order valence-corrected chi connectivity index (χ4v) is 3.34. The fourth-order valence-electron chi connectivity index (χ4n) is 1.99. The van der Waals surface area contributed by atoms with E-state index in [0.29, 0.717) is 28.0 Å². The highest BCUT2D eigenvalue weighted by molar-refractivity contribution is 7.98. The molecule has 1 aromatic heterocycles. The van der Waals surface area contributed by atoms with Crippen LogP contribution in [0.25, 0.3) is 0 Å². The molecule has 0 bridgehead atoms. The van der Waals surface area contributed by atoms with Crippen molar-refractivity contribution in [3.63, 3.8) is 0 Å². The van der Waals surface area contributed by atoms with E-state index in [1.54, 1.807) is 22.8 Å². The monoisotopic (exact) mass is 369 g/mol. The van der Waals surface area contributed by atoms with E-state index in [9.17, 15) is 14.3 Å². The number of amides is 1. The first kappa shape index (κ1) is 18.5. The first-order valence-electron chi connectivity index (χ1n) is 7.15. The number of carbonyl (C=O) groups excluding carboxylic acids is 1. The number of imidazole rings is 1. The van der Waals surface area contributed by atoms with Gasteiger partial charge in [-0.2, -0.15) is 0 Å². The third-order valence-corrected chi connectivity index (χ3v) is 4.59. The zero-order chi connectivity index (χ0) is 17.5. The molecule has 0 atom stereocenters. The number of rotatable bonds is 8. The number of aliphatic hydroxyl groups excluding tert-OH is 1. The minimum atomic E-state index is -0.390. The van der Waals surface area contributed by atoms with E-state index in [1.165, 1.54) is 24.0 Å². The zero-order valence-corrected chi connectivity index (χ0v) is 14.4. The molecule has 1 aromatic carbocycles. The lowest BCUT2D eigenvalue weighted by Gasteiger charge is -2.11. The quantitative estimate of drug-likeness (QED) is 0.554. The summed E-state index contributed by atoms with van der Waals surface area (Å²) < 4.78 is 15.4. The fraction of sp³-hybridized carbons (Fsp3) is 0.250. The van der Waals surface area contributed by atoms with Gasteiger partial charge >= 0.3 is 0 Å². The van der Waals surface area contributed by atoms with Crippen molar-refractivity contribution in [2.75, 3.05) is 6.54 Å². The normalized spacial score (nSPS) is 10.6. The molecule has 2 rings (SSSR count). The molecular formula is C16H17ClFN3O2S. The maximum atomic E-state index is 13.8. The molecule has 0 aliphatic heterocycles. The molecule has 8 heteroatoms. The number of halogens is 2. The van der Waals surface area contributed by atoms with E-state index < -0.39 is 0 Å². The number of hydrogen-bond acceptors (Lipinski definition) is 4. The number of aromatic nitrogens is 2. The highest BCUT2D eigenvalue weighted by atomic mass is 35.5. The lowest BCUT2D eigenvalue weighted by molar-refractivity contribution is -0.121. The lowest BCUT2D eigenvalue weighted by Crippen LogP contribution is -2.28. The molecule has 0 saturated carbocycles. The van der Waals surface area contributed by atoms with Gasteiger partial charge in [-0.3, -0.25) is 4.79 Å². The van der Waals surface area contributed by atoms with Gasteiger partial charge in [0.2, 0.25) is 5.91 Å². The van der Waals surface area contributed by atoms with Crippen molar-refractivity contribution in [2.45, 2.75) is 24.1 Å². The van der Waals surface area contributed by atoms with Gasteiger partial charge in [0.15, 0.2) is 5.16 Å². The van der Waals surface area contributed by atoms with Gasteiger partial charge in [-0.25, -0.2) is 9.37 Å². The van der Waals surface area contributed by atoms with E-state index in [2.05, 4.69) is 16.9 Å². The Bertz CT molecular complexity index is 716. The van der Waals surface area contributed by atoms with Crippen molar-refractivity contribution in [2.24, 2.45) is 0 Å². The van der Waals surface area contributed by atoms with Gasteiger partial charge in [0.05, 0.1) is 18.5 Å². The second-order valence-electron chi connectivity index (χ2n) is 4.86. The van der Waals surface area contributed by atoms with Crippen LogP contribution in [0.1, 0.15) is 11.3 Å². The SMILES string of the molecule is C=CCNC(=O)Cn1c(CO)cnc1SCc1c(F)cccc1Cl. The lowest BCUT2D eigenvalue weighted by atomic mass is 10.2. The second kappa shape index (κ2) is 8.86. The van der Waals surface area contributed by atoms with Crippen LogP contribution in [-0.2, 0) is 23.7 Å². The summed E-state index contributed by atoms with van der Waals surface area (Å²) >= 11 is 7.26. The predicted octanol–water partition coefficient (Wildman–Crippen LogP) is 2.76. The van der Waals surface area contributed by atoms with Crippen molar-refractivity contribution in [3.05, 3.63) is 59.1 Å². The summed E-state index contributed by atoms with van der Waals surface area (Å²) in [6, 6.07) is 4.51. The van der Waals surface area contributed by atoms with Crippen LogP contribution in [-0.4, -0.2) is 27.1 Å². The Kier molecular flexibility index (Phi) is 6.84. The van der Waals surface area contributed by atoms with Gasteiger partial charge in [-0.1, -0.05) is 35.5 Å². The van der Waals surface area contributed by atoms with E-state index in [1.807, 2.05) is 0 Å². The summed E-state index contributed by atoms with van der Waals surface area (Å²) in [6.45, 7) is 3.65. The van der Waals surface area contributed by atoms with Crippen LogP contribution in [0.2, 0.25) is 5.02 Å². The van der Waals surface area contributed by atoms with E-state index >= 15 is 0 Å². The number of nitrogens with zero attached hydrogens (tertiary/aromatic N) is 2. The first-order chi connectivity index (χ1) is 11.6. The molecule has 1 amide bonds. The third-order valence-electron chi connectivity index (χ3n) is 3.22. The molecular weight excluding hydrogens is 353 g/mol. The molecule has 128 valence electrons. The Morgan fingerprint density at radius 2 is 2.33 bits per heavy atom. The van der Waals surface area contributed by atoms with Crippen LogP contribution in [0.4, 0.5) is 4.39 Å². The van der Waals surface area contributed by atoms with Gasteiger partial charge < -0.3 is 15.0 Å². The molecule has 2 aromatic rings. The maximum absolute atomic E-state index is 13.8. The van der Waals surface area contributed by atoms with Crippen molar-refractivity contribution < 1.29 is 14.3 Å². The highest BCUT2D eigenvalue weighted by Crippen LogP contribution is 2.28. The number of aliphatic hydroxyl groups is 1. The van der Waals surface area contributed by atoms with Crippen molar-refractivity contribution in [1.82, 2.24) is 14.9 Å². The van der Waals surface area contributed by atoms with Gasteiger partial charge in [0.1, 0.15) is 12.4 Å². The summed E-state index contributed by atoms with van der Waals surface area (Å²) in [5, 5.41) is 12.9. The Morgan fingerprint density at radius 1 is 1.54 bits per heavy atom. The highest BCUT2D eigenvalue weighted by Gasteiger charge is 2.15. The molecule has 0 aliphatic rings. The molecule has 0 aliphatic carbocycles. The van der Waals surface area contributed by atoms with Gasteiger partial charge in [0, 0.05) is 22.9 Å². The largest absolute Gasteiger partial charge is 0.390 e. The molecule has 2 N–H and O–H groups in total. The molecule has 5 nitrogen and oxygen atoms in total. The third kappa shape index (κ3) is 4.59. The van der Waals surface area contributed by atoms with Crippen LogP contribution in [0.5, 0.6) is 0 Å². The van der Waals surface area contributed by atoms with Crippen molar-refractivity contribution in [1.29, 1.82) is 0 Å². The van der Waals surface area contributed by atoms with E-state index in [0.717, 1.165) is 0 Å². The van der Waals surface area contributed by atoms with Crippen LogP contribution in [0.15, 0.2) is 42.2 Å². The van der Waals surface area contributed by atoms with Gasteiger partial charge in [-0.05, 0) is 12.1 Å². The standard InChI is InChI=1S/C16H17ClFN3O2S/c1-2-6-19-15(23)8-21-11(9-22)7-20-16(21)24-10-12-13(17)4-3-5-14(12)18/h2-5,7,22H,1,6,8-10H2,(H,19,23). The average Bonchev–Trinajstić information content (AvgIpc) is 2.94. The molecule has 0 unspecified atom stereocenters. The van der Waals surface area contributed by atoms with E-state index in [4.69, 9.17) is 11.6 Å². The van der Waals surface area contributed by atoms with Crippen LogP contribution < -0.4 is 5.32 Å². The summed E-state index contributed by atoms with van der Waals surface area (Å²) in [4.78, 5) is 16.1. The van der Waals surface area contributed by atoms with Crippen molar-refractivity contribution >= 4 is 29.3 Å². The number of hydrogen-bond donors (Lipinski definition) is 2. The van der Waals surface area contributed by atoms with Crippen molar-refractivity contribution in [3.8, 4) is 0 Å².